The Morgan fingerprint density at radius 2 is 1.71 bits per heavy atom. The lowest BCUT2D eigenvalue weighted by Crippen LogP contribution is -2.28. The van der Waals surface area contributed by atoms with Crippen LogP contribution in [0.5, 0.6) is 0 Å². The molecule has 4 heteroatoms. The molecule has 1 aromatic rings. The molecule has 1 fully saturated rings. The van der Waals surface area contributed by atoms with Crippen molar-refractivity contribution in [2.75, 3.05) is 5.75 Å². The van der Waals surface area contributed by atoms with E-state index in [9.17, 15) is 13.2 Å². The van der Waals surface area contributed by atoms with Gasteiger partial charge in [0.25, 0.3) is 0 Å². The molecule has 1 aliphatic rings. The van der Waals surface area contributed by atoms with Crippen LogP contribution in [-0.2, 0) is 14.6 Å². The Labute approximate surface area is 127 Å². The van der Waals surface area contributed by atoms with Crippen LogP contribution >= 0.6 is 0 Å². The van der Waals surface area contributed by atoms with Gasteiger partial charge in [0.1, 0.15) is 5.78 Å². The minimum Gasteiger partial charge on any atom is -0.299 e. The lowest BCUT2D eigenvalue weighted by molar-refractivity contribution is -0.126. The molecular weight excluding hydrogens is 284 g/mol. The second kappa shape index (κ2) is 6.73. The molecule has 21 heavy (non-hydrogen) atoms. The monoisotopic (exact) mass is 308 g/mol. The minimum absolute atomic E-state index is 0.0713. The van der Waals surface area contributed by atoms with Crippen LogP contribution in [0.1, 0.15) is 44.6 Å². The van der Waals surface area contributed by atoms with Crippen molar-refractivity contribution in [1.29, 1.82) is 0 Å². The summed E-state index contributed by atoms with van der Waals surface area (Å²) < 4.78 is 24.8. The molecule has 1 saturated carbocycles. The Hall–Kier alpha value is -1.16. The average Bonchev–Trinajstić information content (AvgIpc) is 2.47. The number of ketones is 1. The van der Waals surface area contributed by atoms with Crippen molar-refractivity contribution >= 4 is 15.6 Å². The summed E-state index contributed by atoms with van der Waals surface area (Å²) in [6.07, 6.45) is 5.23. The van der Waals surface area contributed by atoms with Crippen molar-refractivity contribution in [3.63, 3.8) is 0 Å². The number of aryl methyl sites for hydroxylation is 1. The van der Waals surface area contributed by atoms with E-state index >= 15 is 0 Å². The van der Waals surface area contributed by atoms with Gasteiger partial charge in [-0.15, -0.1) is 0 Å². The van der Waals surface area contributed by atoms with Gasteiger partial charge in [0.15, 0.2) is 9.84 Å². The fraction of sp³-hybridized carbons (Fsp3) is 0.588. The Kier molecular flexibility index (Phi) is 5.20. The number of carbonyl (C=O) groups is 1. The van der Waals surface area contributed by atoms with Crippen LogP contribution in [0.15, 0.2) is 29.2 Å². The second-order valence-corrected chi connectivity index (χ2v) is 8.27. The molecule has 2 rings (SSSR count). The maximum atomic E-state index is 12.4. The Bertz CT molecular complexity index is 581. The summed E-state index contributed by atoms with van der Waals surface area (Å²) in [7, 11) is -3.38. The predicted molar refractivity (Wildman–Crippen MR) is 84.0 cm³/mol. The lowest BCUT2D eigenvalue weighted by Gasteiger charge is -2.23. The molecule has 0 amide bonds. The van der Waals surface area contributed by atoms with Crippen LogP contribution in [0, 0.1) is 18.8 Å². The molecule has 0 spiro atoms. The number of sulfone groups is 1. The van der Waals surface area contributed by atoms with Gasteiger partial charge in [-0.25, -0.2) is 8.42 Å². The van der Waals surface area contributed by atoms with E-state index in [1.54, 1.807) is 31.2 Å². The fourth-order valence-electron chi connectivity index (χ4n) is 3.04. The van der Waals surface area contributed by atoms with Crippen LogP contribution in [0.2, 0.25) is 0 Å². The van der Waals surface area contributed by atoms with E-state index in [2.05, 4.69) is 0 Å². The van der Waals surface area contributed by atoms with Gasteiger partial charge >= 0.3 is 0 Å². The van der Waals surface area contributed by atoms with E-state index in [1.165, 1.54) is 6.42 Å². The highest BCUT2D eigenvalue weighted by molar-refractivity contribution is 7.91. The Balaban J connectivity index is 2.05. The number of rotatable bonds is 5. The third-order valence-electron chi connectivity index (χ3n) is 4.34. The third kappa shape index (κ3) is 4.16. The summed E-state index contributed by atoms with van der Waals surface area (Å²) in [5, 5.41) is 0. The molecule has 0 radical (unpaired) electrons. The second-order valence-electron chi connectivity index (χ2n) is 6.23. The average molecular weight is 308 g/mol. The topological polar surface area (TPSA) is 51.2 Å². The largest absolute Gasteiger partial charge is 0.299 e. The summed E-state index contributed by atoms with van der Waals surface area (Å²) in [4.78, 5) is 12.7. The SMILES string of the molecule is Cc1ccc(S(=O)(=O)CC(C)C(=O)C2CCCCC2)cc1. The van der Waals surface area contributed by atoms with Crippen LogP contribution in [-0.4, -0.2) is 20.0 Å². The molecule has 0 bridgehead atoms. The number of carbonyl (C=O) groups excluding carboxylic acids is 1. The Morgan fingerprint density at radius 3 is 2.29 bits per heavy atom. The van der Waals surface area contributed by atoms with Gasteiger partial charge in [0, 0.05) is 11.8 Å². The van der Waals surface area contributed by atoms with E-state index < -0.39 is 15.8 Å². The first kappa shape index (κ1) is 16.2. The smallest absolute Gasteiger partial charge is 0.179 e. The summed E-state index contributed by atoms with van der Waals surface area (Å²) in [5.74, 6) is -0.294. The number of benzene rings is 1. The van der Waals surface area contributed by atoms with Crippen molar-refractivity contribution in [2.24, 2.45) is 11.8 Å². The van der Waals surface area contributed by atoms with E-state index in [0.29, 0.717) is 4.90 Å². The molecular formula is C17H24O3S. The van der Waals surface area contributed by atoms with Gasteiger partial charge in [-0.05, 0) is 31.9 Å². The molecule has 1 aromatic carbocycles. The summed E-state index contributed by atoms with van der Waals surface area (Å²) >= 11 is 0. The lowest BCUT2D eigenvalue weighted by atomic mass is 9.82. The summed E-state index contributed by atoms with van der Waals surface area (Å²) in [5.41, 5.74) is 1.03. The maximum Gasteiger partial charge on any atom is 0.179 e. The predicted octanol–water partition coefficient (Wildman–Crippen LogP) is 3.55. The van der Waals surface area contributed by atoms with Crippen molar-refractivity contribution in [3.05, 3.63) is 29.8 Å². The van der Waals surface area contributed by atoms with Gasteiger partial charge in [-0.1, -0.05) is 43.9 Å². The van der Waals surface area contributed by atoms with Gasteiger partial charge < -0.3 is 0 Å². The maximum absolute atomic E-state index is 12.4. The van der Waals surface area contributed by atoms with E-state index in [0.717, 1.165) is 31.2 Å². The van der Waals surface area contributed by atoms with Crippen LogP contribution in [0.25, 0.3) is 0 Å². The van der Waals surface area contributed by atoms with Gasteiger partial charge in [-0.2, -0.15) is 0 Å². The molecule has 0 saturated heterocycles. The van der Waals surface area contributed by atoms with Crippen LogP contribution in [0.3, 0.4) is 0 Å². The molecule has 1 unspecified atom stereocenters. The highest BCUT2D eigenvalue weighted by Crippen LogP contribution is 2.27. The van der Waals surface area contributed by atoms with E-state index in [4.69, 9.17) is 0 Å². The standard InChI is InChI=1S/C17H24O3S/c1-13-8-10-16(11-9-13)21(19,20)12-14(2)17(18)15-6-4-3-5-7-15/h8-11,14-15H,3-7,12H2,1-2H3. The number of hydrogen-bond acceptors (Lipinski definition) is 3. The van der Waals surface area contributed by atoms with Crippen molar-refractivity contribution in [2.45, 2.75) is 50.8 Å². The van der Waals surface area contributed by atoms with Gasteiger partial charge in [0.2, 0.25) is 0 Å². The first-order valence-electron chi connectivity index (χ1n) is 7.73. The fourth-order valence-corrected chi connectivity index (χ4v) is 4.61. The van der Waals surface area contributed by atoms with Crippen LogP contribution < -0.4 is 0 Å². The molecule has 0 aromatic heterocycles. The zero-order valence-electron chi connectivity index (χ0n) is 12.8. The normalized spacial score (nSPS) is 18.4. The van der Waals surface area contributed by atoms with Crippen molar-refractivity contribution in [3.8, 4) is 0 Å². The van der Waals surface area contributed by atoms with Gasteiger partial charge in [-0.3, -0.25) is 4.79 Å². The van der Waals surface area contributed by atoms with Crippen molar-refractivity contribution < 1.29 is 13.2 Å². The van der Waals surface area contributed by atoms with Crippen molar-refractivity contribution in [1.82, 2.24) is 0 Å². The molecule has 0 heterocycles. The Morgan fingerprint density at radius 1 is 1.14 bits per heavy atom. The number of hydrogen-bond donors (Lipinski definition) is 0. The zero-order valence-corrected chi connectivity index (χ0v) is 13.7. The molecule has 1 atom stereocenters. The third-order valence-corrected chi connectivity index (χ3v) is 6.27. The zero-order chi connectivity index (χ0) is 15.5. The highest BCUT2D eigenvalue weighted by atomic mass is 32.2. The first-order valence-corrected chi connectivity index (χ1v) is 9.38. The molecule has 116 valence electrons. The van der Waals surface area contributed by atoms with Crippen LogP contribution in [0.4, 0.5) is 0 Å². The minimum atomic E-state index is -3.38. The van der Waals surface area contributed by atoms with Gasteiger partial charge in [0.05, 0.1) is 10.6 Å². The molecule has 3 nitrogen and oxygen atoms in total. The first-order chi connectivity index (χ1) is 9.90. The quantitative estimate of drug-likeness (QED) is 0.836. The summed E-state index contributed by atoms with van der Waals surface area (Å²) in [6, 6.07) is 6.84. The molecule has 0 N–H and O–H groups in total. The van der Waals surface area contributed by atoms with E-state index in [-0.39, 0.29) is 17.5 Å². The highest BCUT2D eigenvalue weighted by Gasteiger charge is 2.29. The summed E-state index contributed by atoms with van der Waals surface area (Å²) in [6.45, 7) is 3.67. The molecule has 1 aliphatic carbocycles. The molecule has 0 aliphatic heterocycles. The number of Topliss-reactive ketones (excluding diaryl/α,β-unsaturated/α-hetero) is 1. The van der Waals surface area contributed by atoms with E-state index in [1.807, 2.05) is 6.92 Å².